The van der Waals surface area contributed by atoms with Gasteiger partial charge in [-0.3, -0.25) is 0 Å². The minimum absolute atomic E-state index is 0.0606. The summed E-state index contributed by atoms with van der Waals surface area (Å²) in [6, 6.07) is 7.01. The number of hydrogen-bond acceptors (Lipinski definition) is 5. The number of benzene rings is 1. The van der Waals surface area contributed by atoms with Crippen LogP contribution in [0, 0.1) is 0 Å². The molecule has 1 aromatic carbocycles. The average molecular weight is 386 g/mol. The molecule has 0 bridgehead atoms. The van der Waals surface area contributed by atoms with Gasteiger partial charge in [-0.25, -0.2) is 9.59 Å². The number of hydrogen-bond donors (Lipinski definition) is 3. The van der Waals surface area contributed by atoms with Crippen molar-refractivity contribution in [2.75, 3.05) is 19.6 Å². The number of piperidine rings is 1. The van der Waals surface area contributed by atoms with E-state index >= 15 is 0 Å². The molecule has 7 heteroatoms. The highest BCUT2D eigenvalue weighted by Gasteiger charge is 2.29. The van der Waals surface area contributed by atoms with Crippen LogP contribution in [0.15, 0.2) is 30.5 Å². The molecule has 1 amide bonds. The first kappa shape index (κ1) is 20.4. The lowest BCUT2D eigenvalue weighted by Gasteiger charge is -2.33. The Balaban J connectivity index is 1.61. The zero-order valence-electron chi connectivity index (χ0n) is 16.4. The molecule has 2 aromatic rings. The highest BCUT2D eigenvalue weighted by atomic mass is 16.6. The number of para-hydroxylation sites is 1. The summed E-state index contributed by atoms with van der Waals surface area (Å²) in [4.78, 5) is 30.0. The molecule has 1 fully saturated rings. The number of nitrogens with zero attached hydrogens (tertiary/aromatic N) is 1. The summed E-state index contributed by atoms with van der Waals surface area (Å²) < 4.78 is 5.17. The molecule has 28 heavy (non-hydrogen) atoms. The number of esters is 1. The molecule has 1 unspecified atom stereocenters. The standard InChI is InChI=1S/C21H30N4O3/c1-2-3-11-25(16-7-6-10-23-14-16)21(27)28-20(26)18(22)12-15-13-24-19-9-5-4-8-17(15)19/h4-5,8-9,13,16,18,23-24H,2-3,6-7,10-12,14,22H2,1H3/t16?,18-/m0/s1. The normalized spacial score (nSPS) is 18.0. The second-order valence-corrected chi connectivity index (χ2v) is 7.40. The second-order valence-electron chi connectivity index (χ2n) is 7.40. The number of amides is 1. The Morgan fingerprint density at radius 2 is 2.18 bits per heavy atom. The fraction of sp³-hybridized carbons (Fsp3) is 0.524. The van der Waals surface area contributed by atoms with Crippen molar-refractivity contribution in [1.29, 1.82) is 0 Å². The Morgan fingerprint density at radius 3 is 2.93 bits per heavy atom. The second kappa shape index (κ2) is 9.71. The highest BCUT2D eigenvalue weighted by molar-refractivity contribution is 5.89. The molecule has 4 N–H and O–H groups in total. The molecule has 0 saturated carbocycles. The third kappa shape index (κ3) is 4.91. The summed E-state index contributed by atoms with van der Waals surface area (Å²) in [5.74, 6) is -0.680. The van der Waals surface area contributed by atoms with Crippen LogP contribution < -0.4 is 11.1 Å². The van der Waals surface area contributed by atoms with Gasteiger partial charge in [-0.1, -0.05) is 31.5 Å². The van der Waals surface area contributed by atoms with Crippen molar-refractivity contribution in [2.24, 2.45) is 5.73 Å². The summed E-state index contributed by atoms with van der Waals surface area (Å²) in [7, 11) is 0. The molecular formula is C21H30N4O3. The lowest BCUT2D eigenvalue weighted by atomic mass is 10.1. The van der Waals surface area contributed by atoms with E-state index in [0.717, 1.165) is 55.2 Å². The molecule has 1 aliphatic rings. The summed E-state index contributed by atoms with van der Waals surface area (Å²) in [6.07, 6.45) is 5.35. The van der Waals surface area contributed by atoms with Crippen molar-refractivity contribution in [3.8, 4) is 0 Å². The van der Waals surface area contributed by atoms with Crippen molar-refractivity contribution in [3.63, 3.8) is 0 Å². The maximum absolute atomic E-state index is 12.7. The molecule has 2 atom stereocenters. The number of unbranched alkanes of at least 4 members (excludes halogenated alkanes) is 1. The van der Waals surface area contributed by atoms with Gasteiger partial charge < -0.3 is 25.7 Å². The summed E-state index contributed by atoms with van der Waals surface area (Å²) in [5, 5.41) is 4.33. The number of ether oxygens (including phenoxy) is 1. The smallest absolute Gasteiger partial charge is 0.375 e. The third-order valence-electron chi connectivity index (χ3n) is 5.30. The van der Waals surface area contributed by atoms with Gasteiger partial charge in [-0.05, 0) is 37.4 Å². The average Bonchev–Trinajstić information content (AvgIpc) is 3.12. The van der Waals surface area contributed by atoms with E-state index in [1.54, 1.807) is 4.90 Å². The topological polar surface area (TPSA) is 100 Å². The van der Waals surface area contributed by atoms with Crippen molar-refractivity contribution >= 4 is 23.0 Å². The fourth-order valence-corrected chi connectivity index (χ4v) is 3.69. The van der Waals surface area contributed by atoms with Crippen LogP contribution >= 0.6 is 0 Å². The van der Waals surface area contributed by atoms with Crippen LogP contribution in [0.3, 0.4) is 0 Å². The van der Waals surface area contributed by atoms with E-state index in [-0.39, 0.29) is 6.04 Å². The van der Waals surface area contributed by atoms with Crippen LogP contribution in [-0.2, 0) is 16.0 Å². The van der Waals surface area contributed by atoms with E-state index in [1.165, 1.54) is 0 Å². The number of fused-ring (bicyclic) bond motifs is 1. The molecule has 0 radical (unpaired) electrons. The molecule has 3 rings (SSSR count). The maximum Gasteiger partial charge on any atom is 0.417 e. The lowest BCUT2D eigenvalue weighted by Crippen LogP contribution is -2.50. The van der Waals surface area contributed by atoms with Gasteiger partial charge in [0.2, 0.25) is 0 Å². The summed E-state index contributed by atoms with van der Waals surface area (Å²) >= 11 is 0. The highest BCUT2D eigenvalue weighted by Crippen LogP contribution is 2.19. The molecule has 7 nitrogen and oxygen atoms in total. The first-order chi connectivity index (χ1) is 13.6. The SMILES string of the molecule is CCCCN(C(=O)OC(=O)[C@@H](N)Cc1c[nH]c2ccccc12)C1CCCNC1. The minimum atomic E-state index is -0.888. The number of aromatic nitrogens is 1. The number of aromatic amines is 1. The van der Waals surface area contributed by atoms with Crippen LogP contribution in [0.1, 0.15) is 38.2 Å². The molecular weight excluding hydrogens is 356 g/mol. The van der Waals surface area contributed by atoms with Crippen LogP contribution in [-0.4, -0.2) is 53.7 Å². The molecule has 0 spiro atoms. The van der Waals surface area contributed by atoms with Crippen LogP contribution in [0.5, 0.6) is 0 Å². The van der Waals surface area contributed by atoms with Gasteiger partial charge in [0.1, 0.15) is 6.04 Å². The predicted molar refractivity (Wildman–Crippen MR) is 109 cm³/mol. The molecule has 1 aliphatic heterocycles. The van der Waals surface area contributed by atoms with Gasteiger partial charge in [-0.15, -0.1) is 0 Å². The van der Waals surface area contributed by atoms with Crippen LogP contribution in [0.4, 0.5) is 4.79 Å². The van der Waals surface area contributed by atoms with Crippen molar-refractivity contribution in [2.45, 2.75) is 51.1 Å². The number of carbonyl (C=O) groups excluding carboxylic acids is 2. The van der Waals surface area contributed by atoms with E-state index < -0.39 is 18.1 Å². The van der Waals surface area contributed by atoms with E-state index in [9.17, 15) is 9.59 Å². The maximum atomic E-state index is 12.7. The first-order valence-electron chi connectivity index (χ1n) is 10.1. The molecule has 2 heterocycles. The van der Waals surface area contributed by atoms with Crippen LogP contribution in [0.25, 0.3) is 10.9 Å². The van der Waals surface area contributed by atoms with Crippen molar-refractivity contribution in [3.05, 3.63) is 36.0 Å². The fourth-order valence-electron chi connectivity index (χ4n) is 3.69. The summed E-state index contributed by atoms with van der Waals surface area (Å²) in [6.45, 7) is 4.35. The minimum Gasteiger partial charge on any atom is -0.375 e. The quantitative estimate of drug-likeness (QED) is 0.502. The van der Waals surface area contributed by atoms with Crippen LogP contribution in [0.2, 0.25) is 0 Å². The van der Waals surface area contributed by atoms with Gasteiger partial charge in [0.15, 0.2) is 0 Å². The number of rotatable bonds is 7. The Labute approximate surface area is 165 Å². The summed E-state index contributed by atoms with van der Waals surface area (Å²) in [5.41, 5.74) is 7.98. The number of H-pyrrole nitrogens is 1. The van der Waals surface area contributed by atoms with Crippen molar-refractivity contribution < 1.29 is 14.3 Å². The Morgan fingerprint density at radius 1 is 1.36 bits per heavy atom. The van der Waals surface area contributed by atoms with E-state index in [2.05, 4.69) is 17.2 Å². The Kier molecular flexibility index (Phi) is 7.06. The largest absolute Gasteiger partial charge is 0.417 e. The number of nitrogens with two attached hydrogens (primary N) is 1. The van der Waals surface area contributed by atoms with Gasteiger partial charge in [0, 0.05) is 42.7 Å². The lowest BCUT2D eigenvalue weighted by molar-refractivity contribution is -0.140. The molecule has 1 saturated heterocycles. The Hall–Kier alpha value is -2.38. The van der Waals surface area contributed by atoms with E-state index in [4.69, 9.17) is 10.5 Å². The van der Waals surface area contributed by atoms with Gasteiger partial charge >= 0.3 is 12.1 Å². The first-order valence-corrected chi connectivity index (χ1v) is 10.1. The Bertz CT molecular complexity index is 798. The van der Waals surface area contributed by atoms with Gasteiger partial charge in [0.05, 0.1) is 0 Å². The van der Waals surface area contributed by atoms with Gasteiger partial charge in [-0.2, -0.15) is 0 Å². The zero-order chi connectivity index (χ0) is 19.9. The monoisotopic (exact) mass is 386 g/mol. The third-order valence-corrected chi connectivity index (χ3v) is 5.30. The zero-order valence-corrected chi connectivity index (χ0v) is 16.4. The molecule has 1 aromatic heterocycles. The van der Waals surface area contributed by atoms with E-state index in [0.29, 0.717) is 13.0 Å². The molecule has 0 aliphatic carbocycles. The van der Waals surface area contributed by atoms with E-state index in [1.807, 2.05) is 30.5 Å². The molecule has 152 valence electrons. The number of carbonyl (C=O) groups is 2. The van der Waals surface area contributed by atoms with Crippen molar-refractivity contribution in [1.82, 2.24) is 15.2 Å². The predicted octanol–water partition coefficient (Wildman–Crippen LogP) is 2.55. The number of nitrogens with one attached hydrogen (secondary N) is 2. The van der Waals surface area contributed by atoms with Gasteiger partial charge in [0.25, 0.3) is 0 Å².